The molecule has 0 aromatic rings. The smallest absolute Gasteiger partial charge is 0.154 e. The minimum atomic E-state index is -0.643. The van der Waals surface area contributed by atoms with Crippen LogP contribution in [0.5, 0.6) is 0 Å². The Morgan fingerprint density at radius 2 is 2.58 bits per heavy atom. The van der Waals surface area contributed by atoms with E-state index in [2.05, 4.69) is 5.32 Å². The molecule has 0 amide bonds. The van der Waals surface area contributed by atoms with Gasteiger partial charge in [0, 0.05) is 13.1 Å². The van der Waals surface area contributed by atoms with E-state index in [9.17, 15) is 0 Å². The van der Waals surface area contributed by atoms with Crippen LogP contribution in [0.3, 0.4) is 0 Å². The average molecular weight is 175 g/mol. The first kappa shape index (κ1) is 9.92. The Kier molecular flexibility index (Phi) is 4.53. The lowest BCUT2D eigenvalue weighted by molar-refractivity contribution is -0.135. The molecule has 0 radical (unpaired) electrons. The van der Waals surface area contributed by atoms with Crippen molar-refractivity contribution in [1.29, 1.82) is 0 Å². The molecule has 72 valence electrons. The largest absolute Gasteiger partial charge is 0.373 e. The van der Waals surface area contributed by atoms with E-state index in [0.717, 1.165) is 19.7 Å². The van der Waals surface area contributed by atoms with Crippen LogP contribution in [-0.4, -0.2) is 43.8 Å². The van der Waals surface area contributed by atoms with Crippen molar-refractivity contribution in [3.8, 4) is 0 Å². The molecule has 2 atom stereocenters. The van der Waals surface area contributed by atoms with Crippen LogP contribution in [0.2, 0.25) is 0 Å². The van der Waals surface area contributed by atoms with Crippen LogP contribution in [0.25, 0.3) is 0 Å². The molecule has 0 saturated carbocycles. The average Bonchev–Trinajstić information content (AvgIpc) is 2.16. The van der Waals surface area contributed by atoms with Gasteiger partial charge in [0.25, 0.3) is 0 Å². The van der Waals surface area contributed by atoms with Gasteiger partial charge in [-0.2, -0.15) is 0 Å². The van der Waals surface area contributed by atoms with E-state index in [1.54, 1.807) is 0 Å². The molecule has 2 unspecified atom stereocenters. The number of aliphatic hydroxyl groups is 1. The maximum Gasteiger partial charge on any atom is 0.154 e. The van der Waals surface area contributed by atoms with Crippen LogP contribution in [-0.2, 0) is 9.47 Å². The third kappa shape index (κ3) is 3.49. The molecule has 4 heteroatoms. The highest BCUT2D eigenvalue weighted by Crippen LogP contribution is 2.00. The number of aliphatic hydroxyl groups excluding tert-OH is 1. The summed E-state index contributed by atoms with van der Waals surface area (Å²) in [5.41, 5.74) is 0. The van der Waals surface area contributed by atoms with Crippen molar-refractivity contribution in [3.05, 3.63) is 0 Å². The van der Waals surface area contributed by atoms with Gasteiger partial charge in [-0.1, -0.05) is 6.92 Å². The molecule has 0 bridgehead atoms. The van der Waals surface area contributed by atoms with E-state index in [-0.39, 0.29) is 6.10 Å². The van der Waals surface area contributed by atoms with Gasteiger partial charge in [0.05, 0.1) is 19.3 Å². The first-order chi connectivity index (χ1) is 5.83. The van der Waals surface area contributed by atoms with Gasteiger partial charge in [-0.3, -0.25) is 0 Å². The van der Waals surface area contributed by atoms with Crippen molar-refractivity contribution >= 4 is 0 Å². The fourth-order valence-corrected chi connectivity index (χ4v) is 1.06. The summed E-state index contributed by atoms with van der Waals surface area (Å²) in [5.74, 6) is 0. The molecule has 0 aromatic heterocycles. The van der Waals surface area contributed by atoms with E-state index in [4.69, 9.17) is 14.6 Å². The van der Waals surface area contributed by atoms with Crippen LogP contribution in [0.4, 0.5) is 0 Å². The molecule has 1 rings (SSSR count). The lowest BCUT2D eigenvalue weighted by Gasteiger charge is -2.24. The molecule has 12 heavy (non-hydrogen) atoms. The molecular weight excluding hydrogens is 158 g/mol. The molecule has 0 aliphatic carbocycles. The van der Waals surface area contributed by atoms with Gasteiger partial charge in [-0.15, -0.1) is 0 Å². The second-order valence-electron chi connectivity index (χ2n) is 2.89. The van der Waals surface area contributed by atoms with Gasteiger partial charge in [0.1, 0.15) is 0 Å². The standard InChI is InChI=1S/C8H17NO3/c1-2-8(10)12-6-7-5-9-3-4-11-7/h7-10H,2-6H2,1H3. The van der Waals surface area contributed by atoms with Crippen molar-refractivity contribution in [2.75, 3.05) is 26.3 Å². The SMILES string of the molecule is CCC(O)OCC1CNCCO1. The summed E-state index contributed by atoms with van der Waals surface area (Å²) in [5, 5.41) is 12.3. The zero-order valence-corrected chi connectivity index (χ0v) is 7.45. The summed E-state index contributed by atoms with van der Waals surface area (Å²) in [6, 6.07) is 0. The van der Waals surface area contributed by atoms with E-state index in [1.165, 1.54) is 0 Å². The van der Waals surface area contributed by atoms with Crippen LogP contribution in [0.15, 0.2) is 0 Å². The van der Waals surface area contributed by atoms with Gasteiger partial charge in [0.15, 0.2) is 6.29 Å². The van der Waals surface area contributed by atoms with Gasteiger partial charge >= 0.3 is 0 Å². The van der Waals surface area contributed by atoms with Gasteiger partial charge < -0.3 is 19.9 Å². The lowest BCUT2D eigenvalue weighted by Crippen LogP contribution is -2.41. The third-order valence-corrected chi connectivity index (χ3v) is 1.83. The zero-order chi connectivity index (χ0) is 8.81. The molecule has 1 aliphatic rings. The maximum atomic E-state index is 9.09. The zero-order valence-electron chi connectivity index (χ0n) is 7.45. The lowest BCUT2D eigenvalue weighted by atomic mass is 10.3. The predicted octanol–water partition coefficient (Wildman–Crippen LogP) is -0.280. The minimum absolute atomic E-state index is 0.0972. The molecule has 1 aliphatic heterocycles. The fourth-order valence-electron chi connectivity index (χ4n) is 1.06. The van der Waals surface area contributed by atoms with Crippen LogP contribution in [0, 0.1) is 0 Å². The van der Waals surface area contributed by atoms with Gasteiger partial charge in [0.2, 0.25) is 0 Å². The van der Waals surface area contributed by atoms with Crippen LogP contribution in [0.1, 0.15) is 13.3 Å². The first-order valence-corrected chi connectivity index (χ1v) is 4.45. The highest BCUT2D eigenvalue weighted by atomic mass is 16.6. The van der Waals surface area contributed by atoms with Crippen molar-refractivity contribution in [1.82, 2.24) is 5.32 Å². The van der Waals surface area contributed by atoms with E-state index < -0.39 is 6.29 Å². The van der Waals surface area contributed by atoms with E-state index >= 15 is 0 Å². The first-order valence-electron chi connectivity index (χ1n) is 4.45. The number of hydrogen-bond acceptors (Lipinski definition) is 4. The summed E-state index contributed by atoms with van der Waals surface area (Å²) in [6.45, 7) is 4.81. The Bertz CT molecular complexity index is 115. The number of morpholine rings is 1. The maximum absolute atomic E-state index is 9.09. The summed E-state index contributed by atoms with van der Waals surface area (Å²) in [6.07, 6.45) is 0.0793. The monoisotopic (exact) mass is 175 g/mol. The summed E-state index contributed by atoms with van der Waals surface area (Å²) >= 11 is 0. The Balaban J connectivity index is 2.05. The van der Waals surface area contributed by atoms with Gasteiger partial charge in [-0.25, -0.2) is 0 Å². The number of rotatable bonds is 4. The van der Waals surface area contributed by atoms with Crippen molar-refractivity contribution in [2.24, 2.45) is 0 Å². The minimum Gasteiger partial charge on any atom is -0.373 e. The molecule has 1 fully saturated rings. The Morgan fingerprint density at radius 3 is 3.17 bits per heavy atom. The molecule has 0 aromatic carbocycles. The Morgan fingerprint density at radius 1 is 1.75 bits per heavy atom. The second-order valence-corrected chi connectivity index (χ2v) is 2.89. The van der Waals surface area contributed by atoms with Crippen LogP contribution < -0.4 is 5.32 Å². The molecule has 1 heterocycles. The van der Waals surface area contributed by atoms with Crippen molar-refractivity contribution < 1.29 is 14.6 Å². The molecule has 1 saturated heterocycles. The molecular formula is C8H17NO3. The van der Waals surface area contributed by atoms with E-state index in [0.29, 0.717) is 13.0 Å². The third-order valence-electron chi connectivity index (χ3n) is 1.83. The Hall–Kier alpha value is -0.160. The van der Waals surface area contributed by atoms with Crippen molar-refractivity contribution in [3.63, 3.8) is 0 Å². The Labute approximate surface area is 72.9 Å². The van der Waals surface area contributed by atoms with Gasteiger partial charge in [-0.05, 0) is 6.42 Å². The van der Waals surface area contributed by atoms with Crippen LogP contribution >= 0.6 is 0 Å². The summed E-state index contributed by atoms with van der Waals surface area (Å²) in [4.78, 5) is 0. The number of ether oxygens (including phenoxy) is 2. The van der Waals surface area contributed by atoms with Crippen molar-refractivity contribution in [2.45, 2.75) is 25.7 Å². The summed E-state index contributed by atoms with van der Waals surface area (Å²) < 4.78 is 10.5. The predicted molar refractivity (Wildman–Crippen MR) is 44.9 cm³/mol. The topological polar surface area (TPSA) is 50.7 Å². The second kappa shape index (κ2) is 5.48. The highest BCUT2D eigenvalue weighted by Gasteiger charge is 2.14. The quantitative estimate of drug-likeness (QED) is 0.577. The molecule has 4 nitrogen and oxygen atoms in total. The molecule has 2 N–H and O–H groups in total. The summed E-state index contributed by atoms with van der Waals surface area (Å²) in [7, 11) is 0. The molecule has 0 spiro atoms. The number of nitrogens with one attached hydrogen (secondary N) is 1. The number of hydrogen-bond donors (Lipinski definition) is 2. The fraction of sp³-hybridized carbons (Fsp3) is 1.00. The van der Waals surface area contributed by atoms with E-state index in [1.807, 2.05) is 6.92 Å². The highest BCUT2D eigenvalue weighted by molar-refractivity contribution is 4.65. The normalized spacial score (nSPS) is 27.0.